The van der Waals surface area contributed by atoms with Crippen LogP contribution in [0.15, 0.2) is 24.3 Å². The molecule has 0 saturated heterocycles. The number of primary amides is 1. The highest BCUT2D eigenvalue weighted by atomic mass is 16.5. The van der Waals surface area contributed by atoms with Crippen LogP contribution in [0.3, 0.4) is 0 Å². The molecule has 106 valence electrons. The third-order valence-electron chi connectivity index (χ3n) is 2.80. The van der Waals surface area contributed by atoms with E-state index < -0.39 is 0 Å². The van der Waals surface area contributed by atoms with E-state index in [1.165, 1.54) is 0 Å². The highest BCUT2D eigenvalue weighted by molar-refractivity contribution is 5.92. The van der Waals surface area contributed by atoms with E-state index in [-0.39, 0.29) is 5.91 Å². The molecule has 0 bridgehead atoms. The van der Waals surface area contributed by atoms with Crippen molar-refractivity contribution in [2.45, 2.75) is 26.8 Å². The summed E-state index contributed by atoms with van der Waals surface area (Å²) in [7, 11) is 0. The summed E-state index contributed by atoms with van der Waals surface area (Å²) in [6.07, 6.45) is 1.10. The molecule has 3 N–H and O–H groups in total. The van der Waals surface area contributed by atoms with Crippen molar-refractivity contribution in [2.75, 3.05) is 19.8 Å². The quantitative estimate of drug-likeness (QED) is 0.670. The fraction of sp³-hybridized carbons (Fsp3) is 0.533. The van der Waals surface area contributed by atoms with Crippen LogP contribution in [-0.2, 0) is 11.3 Å². The van der Waals surface area contributed by atoms with Crippen LogP contribution in [0.25, 0.3) is 0 Å². The lowest BCUT2D eigenvalue weighted by Gasteiger charge is -2.08. The Bertz CT molecular complexity index is 391. The van der Waals surface area contributed by atoms with Gasteiger partial charge in [-0.25, -0.2) is 0 Å². The topological polar surface area (TPSA) is 64.3 Å². The molecule has 0 heterocycles. The molecule has 0 atom stereocenters. The Kier molecular flexibility index (Phi) is 7.15. The van der Waals surface area contributed by atoms with Crippen molar-refractivity contribution in [3.05, 3.63) is 35.4 Å². The normalized spacial score (nSPS) is 10.9. The Labute approximate surface area is 115 Å². The first kappa shape index (κ1) is 15.7. The third kappa shape index (κ3) is 6.94. The number of amides is 1. The van der Waals surface area contributed by atoms with Crippen molar-refractivity contribution in [2.24, 2.45) is 11.7 Å². The smallest absolute Gasteiger partial charge is 0.248 e. The van der Waals surface area contributed by atoms with Gasteiger partial charge in [0.1, 0.15) is 0 Å². The average Bonchev–Trinajstić information content (AvgIpc) is 2.37. The summed E-state index contributed by atoms with van der Waals surface area (Å²) in [6, 6.07) is 7.35. The number of ether oxygens (including phenoxy) is 1. The maximum absolute atomic E-state index is 11.0. The number of rotatable bonds is 9. The minimum Gasteiger partial charge on any atom is -0.380 e. The number of carbonyl (C=O) groups excluding carboxylic acids is 1. The van der Waals surface area contributed by atoms with Crippen LogP contribution >= 0.6 is 0 Å². The predicted molar refractivity (Wildman–Crippen MR) is 76.9 cm³/mol. The standard InChI is InChI=1S/C15H24N2O2/c1-12(2)6-8-19-9-7-17-11-13-4-3-5-14(10-13)15(16)18/h3-5,10,12,17H,6-9,11H2,1-2H3,(H2,16,18). The van der Waals surface area contributed by atoms with Crippen LogP contribution in [0.5, 0.6) is 0 Å². The van der Waals surface area contributed by atoms with Crippen molar-refractivity contribution < 1.29 is 9.53 Å². The van der Waals surface area contributed by atoms with E-state index in [0.29, 0.717) is 24.6 Å². The maximum atomic E-state index is 11.0. The van der Waals surface area contributed by atoms with Crippen LogP contribution in [0, 0.1) is 5.92 Å². The summed E-state index contributed by atoms with van der Waals surface area (Å²) in [4.78, 5) is 11.0. The van der Waals surface area contributed by atoms with E-state index in [1.807, 2.05) is 18.2 Å². The first-order valence-electron chi connectivity index (χ1n) is 6.77. The highest BCUT2D eigenvalue weighted by Crippen LogP contribution is 2.04. The third-order valence-corrected chi connectivity index (χ3v) is 2.80. The second-order valence-corrected chi connectivity index (χ2v) is 5.04. The van der Waals surface area contributed by atoms with Crippen molar-refractivity contribution in [3.8, 4) is 0 Å². The molecule has 1 aromatic rings. The SMILES string of the molecule is CC(C)CCOCCNCc1cccc(C(N)=O)c1. The van der Waals surface area contributed by atoms with Gasteiger partial charge in [-0.05, 0) is 30.0 Å². The molecule has 4 nitrogen and oxygen atoms in total. The molecule has 0 fully saturated rings. The van der Waals surface area contributed by atoms with Crippen LogP contribution in [-0.4, -0.2) is 25.7 Å². The molecule has 1 aromatic carbocycles. The lowest BCUT2D eigenvalue weighted by atomic mass is 10.1. The highest BCUT2D eigenvalue weighted by Gasteiger charge is 2.00. The first-order valence-corrected chi connectivity index (χ1v) is 6.77. The van der Waals surface area contributed by atoms with Gasteiger partial charge in [0.2, 0.25) is 5.91 Å². The molecule has 0 spiro atoms. The monoisotopic (exact) mass is 264 g/mol. The minimum atomic E-state index is -0.390. The largest absolute Gasteiger partial charge is 0.380 e. The van der Waals surface area contributed by atoms with E-state index >= 15 is 0 Å². The van der Waals surface area contributed by atoms with Gasteiger partial charge in [-0.1, -0.05) is 26.0 Å². The molecular weight excluding hydrogens is 240 g/mol. The lowest BCUT2D eigenvalue weighted by molar-refractivity contribution is 0.1000. The van der Waals surface area contributed by atoms with Crippen molar-refractivity contribution in [1.82, 2.24) is 5.32 Å². The lowest BCUT2D eigenvalue weighted by Crippen LogP contribution is -2.20. The van der Waals surface area contributed by atoms with E-state index in [9.17, 15) is 4.79 Å². The molecule has 1 amide bonds. The molecule has 0 unspecified atom stereocenters. The van der Waals surface area contributed by atoms with Crippen LogP contribution in [0.1, 0.15) is 36.2 Å². The second kappa shape index (κ2) is 8.67. The molecule has 0 aliphatic rings. The first-order chi connectivity index (χ1) is 9.09. The number of carbonyl (C=O) groups is 1. The molecule has 0 aromatic heterocycles. The van der Waals surface area contributed by atoms with Crippen molar-refractivity contribution >= 4 is 5.91 Å². The zero-order valence-corrected chi connectivity index (χ0v) is 11.8. The summed E-state index contributed by atoms with van der Waals surface area (Å²) in [5.74, 6) is 0.295. The van der Waals surface area contributed by atoms with Gasteiger partial charge in [0, 0.05) is 25.3 Å². The number of hydrogen-bond donors (Lipinski definition) is 2. The molecule has 0 aliphatic carbocycles. The van der Waals surface area contributed by atoms with Gasteiger partial charge in [0.25, 0.3) is 0 Å². The summed E-state index contributed by atoms with van der Waals surface area (Å²) in [5, 5.41) is 3.28. The molecule has 0 radical (unpaired) electrons. The van der Waals surface area contributed by atoms with E-state index in [4.69, 9.17) is 10.5 Å². The fourth-order valence-electron chi connectivity index (χ4n) is 1.63. The molecular formula is C15H24N2O2. The van der Waals surface area contributed by atoms with E-state index in [0.717, 1.165) is 25.1 Å². The Morgan fingerprint density at radius 3 is 2.84 bits per heavy atom. The zero-order valence-electron chi connectivity index (χ0n) is 11.8. The number of nitrogens with two attached hydrogens (primary N) is 1. The summed E-state index contributed by atoms with van der Waals surface area (Å²) >= 11 is 0. The van der Waals surface area contributed by atoms with Crippen LogP contribution < -0.4 is 11.1 Å². The molecule has 4 heteroatoms. The van der Waals surface area contributed by atoms with Crippen LogP contribution in [0.4, 0.5) is 0 Å². The minimum absolute atomic E-state index is 0.390. The predicted octanol–water partition coefficient (Wildman–Crippen LogP) is 1.94. The molecule has 0 saturated carbocycles. The van der Waals surface area contributed by atoms with Gasteiger partial charge < -0.3 is 15.8 Å². The van der Waals surface area contributed by atoms with E-state index in [2.05, 4.69) is 19.2 Å². The second-order valence-electron chi connectivity index (χ2n) is 5.04. The van der Waals surface area contributed by atoms with Crippen molar-refractivity contribution in [1.29, 1.82) is 0 Å². The van der Waals surface area contributed by atoms with Gasteiger partial charge in [0.15, 0.2) is 0 Å². The Hall–Kier alpha value is -1.39. The van der Waals surface area contributed by atoms with Gasteiger partial charge in [-0.15, -0.1) is 0 Å². The number of nitrogens with one attached hydrogen (secondary N) is 1. The Balaban J connectivity index is 2.15. The van der Waals surface area contributed by atoms with Crippen LogP contribution in [0.2, 0.25) is 0 Å². The summed E-state index contributed by atoms with van der Waals surface area (Å²) in [5.41, 5.74) is 6.84. The van der Waals surface area contributed by atoms with Gasteiger partial charge in [-0.3, -0.25) is 4.79 Å². The number of hydrogen-bond acceptors (Lipinski definition) is 3. The average molecular weight is 264 g/mol. The van der Waals surface area contributed by atoms with Gasteiger partial charge >= 0.3 is 0 Å². The van der Waals surface area contributed by atoms with Crippen molar-refractivity contribution in [3.63, 3.8) is 0 Å². The molecule has 0 aliphatic heterocycles. The number of benzene rings is 1. The zero-order chi connectivity index (χ0) is 14.1. The molecule has 1 rings (SSSR count). The maximum Gasteiger partial charge on any atom is 0.248 e. The van der Waals surface area contributed by atoms with Gasteiger partial charge in [0.05, 0.1) is 6.61 Å². The molecule has 19 heavy (non-hydrogen) atoms. The van der Waals surface area contributed by atoms with E-state index in [1.54, 1.807) is 6.07 Å². The van der Waals surface area contributed by atoms with Gasteiger partial charge in [-0.2, -0.15) is 0 Å². The summed E-state index contributed by atoms with van der Waals surface area (Å²) in [6.45, 7) is 7.42. The fourth-order valence-corrected chi connectivity index (χ4v) is 1.63. The Morgan fingerprint density at radius 1 is 1.37 bits per heavy atom. The summed E-state index contributed by atoms with van der Waals surface area (Å²) < 4.78 is 5.51. The Morgan fingerprint density at radius 2 is 2.16 bits per heavy atom.